The van der Waals surface area contributed by atoms with Crippen LogP contribution in [0.3, 0.4) is 0 Å². The molecule has 22 heavy (non-hydrogen) atoms. The third-order valence-electron chi connectivity index (χ3n) is 3.74. The predicted molar refractivity (Wildman–Crippen MR) is 85.4 cm³/mol. The van der Waals surface area contributed by atoms with Gasteiger partial charge in [-0.25, -0.2) is 4.79 Å². The van der Waals surface area contributed by atoms with E-state index in [0.29, 0.717) is 17.1 Å². The second-order valence-electron chi connectivity index (χ2n) is 5.19. The van der Waals surface area contributed by atoms with Crippen LogP contribution in [0.4, 0.5) is 0 Å². The van der Waals surface area contributed by atoms with E-state index < -0.39 is 0 Å². The summed E-state index contributed by atoms with van der Waals surface area (Å²) in [7, 11) is 1.36. The molecule has 5 heteroatoms. The number of nitrogens with two attached hydrogens (primary N) is 1. The molecule has 2 aromatic rings. The van der Waals surface area contributed by atoms with E-state index in [9.17, 15) is 4.79 Å². The monoisotopic (exact) mass is 317 g/mol. The largest absolute Gasteiger partial charge is 0.488 e. The average Bonchev–Trinajstić information content (AvgIpc) is 2.96. The smallest absolute Gasteiger partial charge is 0.337 e. The first-order valence-corrected chi connectivity index (χ1v) is 7.38. The molecule has 0 fully saturated rings. The Kier molecular flexibility index (Phi) is 4.05. The molecule has 0 amide bonds. The average molecular weight is 318 g/mol. The molecule has 1 heterocycles. The molecule has 0 saturated heterocycles. The second kappa shape index (κ2) is 5.99. The maximum atomic E-state index is 11.5. The van der Waals surface area contributed by atoms with Gasteiger partial charge < -0.3 is 15.2 Å². The van der Waals surface area contributed by atoms with Gasteiger partial charge in [-0.1, -0.05) is 23.7 Å². The number of hydrogen-bond donors (Lipinski definition) is 1. The standard InChI is InChI=1S/C17H16ClNO3/c1-21-17(20)11-4-2-10(3-5-11)15-8-13(18)6-12-7-14(9-19)22-16(12)15/h2-6,8,14H,7,9,19H2,1H3/t14-/m1/s1. The summed E-state index contributed by atoms with van der Waals surface area (Å²) in [5.74, 6) is 0.466. The van der Waals surface area contributed by atoms with E-state index in [1.165, 1.54) is 7.11 Å². The highest BCUT2D eigenvalue weighted by atomic mass is 35.5. The van der Waals surface area contributed by atoms with E-state index in [-0.39, 0.29) is 12.1 Å². The molecular formula is C17H16ClNO3. The lowest BCUT2D eigenvalue weighted by molar-refractivity contribution is 0.0601. The Labute approximate surface area is 133 Å². The summed E-state index contributed by atoms with van der Waals surface area (Å²) in [6, 6.07) is 11.0. The van der Waals surface area contributed by atoms with Crippen molar-refractivity contribution in [2.45, 2.75) is 12.5 Å². The zero-order valence-electron chi connectivity index (χ0n) is 12.1. The number of hydrogen-bond acceptors (Lipinski definition) is 4. The SMILES string of the molecule is COC(=O)c1ccc(-c2cc(Cl)cc3c2O[C@@H](CN)C3)cc1. The first-order chi connectivity index (χ1) is 10.6. The topological polar surface area (TPSA) is 61.5 Å². The summed E-state index contributed by atoms with van der Waals surface area (Å²) in [6.45, 7) is 0.465. The molecule has 0 bridgehead atoms. The number of carbonyl (C=O) groups is 1. The Balaban J connectivity index is 2.01. The van der Waals surface area contributed by atoms with Gasteiger partial charge in [-0.15, -0.1) is 0 Å². The van der Waals surface area contributed by atoms with Gasteiger partial charge in [0.2, 0.25) is 0 Å². The number of rotatable bonds is 3. The molecule has 0 aliphatic carbocycles. The van der Waals surface area contributed by atoms with Gasteiger partial charge in [-0.05, 0) is 35.4 Å². The Morgan fingerprint density at radius 3 is 2.73 bits per heavy atom. The Morgan fingerprint density at radius 2 is 2.09 bits per heavy atom. The number of halogens is 1. The molecule has 1 aliphatic rings. The predicted octanol–water partition coefficient (Wildman–Crippen LogP) is 3.06. The van der Waals surface area contributed by atoms with Crippen molar-refractivity contribution >= 4 is 17.6 Å². The van der Waals surface area contributed by atoms with Crippen molar-refractivity contribution in [3.8, 4) is 16.9 Å². The molecular weight excluding hydrogens is 302 g/mol. The van der Waals surface area contributed by atoms with Crippen molar-refractivity contribution in [1.29, 1.82) is 0 Å². The molecule has 1 atom stereocenters. The van der Waals surface area contributed by atoms with Crippen LogP contribution >= 0.6 is 11.6 Å². The van der Waals surface area contributed by atoms with Gasteiger partial charge in [0.1, 0.15) is 11.9 Å². The highest BCUT2D eigenvalue weighted by Gasteiger charge is 2.25. The van der Waals surface area contributed by atoms with Gasteiger partial charge in [-0.2, -0.15) is 0 Å². The van der Waals surface area contributed by atoms with Crippen molar-refractivity contribution < 1.29 is 14.3 Å². The van der Waals surface area contributed by atoms with E-state index in [1.807, 2.05) is 24.3 Å². The van der Waals surface area contributed by atoms with Crippen LogP contribution in [0.5, 0.6) is 5.75 Å². The minimum absolute atomic E-state index is 0.0124. The minimum Gasteiger partial charge on any atom is -0.488 e. The van der Waals surface area contributed by atoms with Gasteiger partial charge in [0.05, 0.1) is 12.7 Å². The maximum Gasteiger partial charge on any atom is 0.337 e. The molecule has 0 spiro atoms. The third kappa shape index (κ3) is 2.67. The normalized spacial score (nSPS) is 16.0. The molecule has 0 unspecified atom stereocenters. The van der Waals surface area contributed by atoms with Crippen molar-refractivity contribution in [2.75, 3.05) is 13.7 Å². The van der Waals surface area contributed by atoms with Crippen LogP contribution < -0.4 is 10.5 Å². The molecule has 3 rings (SSSR count). The molecule has 0 aromatic heterocycles. The zero-order valence-corrected chi connectivity index (χ0v) is 12.9. The summed E-state index contributed by atoms with van der Waals surface area (Å²) in [6.07, 6.45) is 0.751. The summed E-state index contributed by atoms with van der Waals surface area (Å²) < 4.78 is 10.6. The van der Waals surface area contributed by atoms with E-state index in [0.717, 1.165) is 28.9 Å². The number of methoxy groups -OCH3 is 1. The van der Waals surface area contributed by atoms with E-state index in [1.54, 1.807) is 12.1 Å². The molecule has 2 N–H and O–H groups in total. The second-order valence-corrected chi connectivity index (χ2v) is 5.63. The van der Waals surface area contributed by atoms with Crippen LogP contribution in [-0.4, -0.2) is 25.7 Å². The minimum atomic E-state index is -0.359. The summed E-state index contributed by atoms with van der Waals surface area (Å²) >= 11 is 6.21. The van der Waals surface area contributed by atoms with Crippen molar-refractivity contribution in [1.82, 2.24) is 0 Å². The Morgan fingerprint density at radius 1 is 1.36 bits per heavy atom. The first-order valence-electron chi connectivity index (χ1n) is 7.00. The van der Waals surface area contributed by atoms with E-state index in [2.05, 4.69) is 0 Å². The fraction of sp³-hybridized carbons (Fsp3) is 0.235. The molecule has 4 nitrogen and oxygen atoms in total. The van der Waals surface area contributed by atoms with Crippen molar-refractivity contribution in [2.24, 2.45) is 5.73 Å². The van der Waals surface area contributed by atoms with E-state index in [4.69, 9.17) is 26.8 Å². The van der Waals surface area contributed by atoms with Gasteiger partial charge in [0.15, 0.2) is 0 Å². The van der Waals surface area contributed by atoms with Crippen LogP contribution in [-0.2, 0) is 11.2 Å². The Bertz CT molecular complexity index is 713. The highest BCUT2D eigenvalue weighted by molar-refractivity contribution is 6.31. The number of benzene rings is 2. The lowest BCUT2D eigenvalue weighted by atomic mass is 9.99. The molecule has 2 aromatic carbocycles. The van der Waals surface area contributed by atoms with Crippen LogP contribution in [0.2, 0.25) is 5.02 Å². The summed E-state index contributed by atoms with van der Waals surface area (Å²) in [4.78, 5) is 11.5. The zero-order chi connectivity index (χ0) is 15.7. The number of ether oxygens (including phenoxy) is 2. The van der Waals surface area contributed by atoms with Crippen LogP contribution in [0.25, 0.3) is 11.1 Å². The molecule has 0 radical (unpaired) electrons. The van der Waals surface area contributed by atoms with Gasteiger partial charge in [0, 0.05) is 23.6 Å². The lowest BCUT2D eigenvalue weighted by Crippen LogP contribution is -2.24. The van der Waals surface area contributed by atoms with Crippen LogP contribution in [0.1, 0.15) is 15.9 Å². The third-order valence-corrected chi connectivity index (χ3v) is 3.96. The van der Waals surface area contributed by atoms with Gasteiger partial charge >= 0.3 is 5.97 Å². The van der Waals surface area contributed by atoms with Crippen molar-refractivity contribution in [3.63, 3.8) is 0 Å². The fourth-order valence-corrected chi connectivity index (χ4v) is 2.88. The van der Waals surface area contributed by atoms with Crippen LogP contribution in [0.15, 0.2) is 36.4 Å². The molecule has 114 valence electrons. The maximum absolute atomic E-state index is 11.5. The Hall–Kier alpha value is -2.04. The van der Waals surface area contributed by atoms with Gasteiger partial charge in [0.25, 0.3) is 0 Å². The quantitative estimate of drug-likeness (QED) is 0.884. The van der Waals surface area contributed by atoms with E-state index >= 15 is 0 Å². The number of esters is 1. The highest BCUT2D eigenvalue weighted by Crippen LogP contribution is 2.41. The first kappa shape index (κ1) is 14.9. The summed E-state index contributed by atoms with van der Waals surface area (Å²) in [5.41, 5.74) is 9.12. The number of carbonyl (C=O) groups excluding carboxylic acids is 1. The van der Waals surface area contributed by atoms with Gasteiger partial charge in [-0.3, -0.25) is 0 Å². The fourth-order valence-electron chi connectivity index (χ4n) is 2.64. The lowest BCUT2D eigenvalue weighted by Gasteiger charge is -2.12. The molecule has 0 saturated carbocycles. The summed E-state index contributed by atoms with van der Waals surface area (Å²) in [5, 5.41) is 0.659. The van der Waals surface area contributed by atoms with Crippen LogP contribution in [0, 0.1) is 0 Å². The number of fused-ring (bicyclic) bond motifs is 1. The molecule has 1 aliphatic heterocycles. The van der Waals surface area contributed by atoms with Crippen molar-refractivity contribution in [3.05, 3.63) is 52.5 Å².